The number of nitrogens with one attached hydrogen (secondary N) is 2. The molecule has 1 aromatic rings. The molecule has 0 aliphatic heterocycles. The van der Waals surface area contributed by atoms with Crippen LogP contribution in [-0.2, 0) is 16.4 Å². The van der Waals surface area contributed by atoms with Crippen LogP contribution in [0.15, 0.2) is 28.1 Å². The molecular formula is C18H29F3N4O2S. The van der Waals surface area contributed by atoms with Crippen LogP contribution in [0.25, 0.3) is 0 Å². The zero-order chi connectivity index (χ0) is 21.4. The molecule has 1 aromatic carbocycles. The second-order valence-electron chi connectivity index (χ2n) is 6.70. The molecule has 0 aliphatic rings. The van der Waals surface area contributed by atoms with E-state index in [4.69, 9.17) is 0 Å². The van der Waals surface area contributed by atoms with Gasteiger partial charge in [0.1, 0.15) is 0 Å². The van der Waals surface area contributed by atoms with E-state index in [1.165, 1.54) is 18.2 Å². The SMILES string of the molecule is CCNC(=NCc1ccc(S(C)(=O)=O)c(C)c1)NCCCN(C)CC(F)(F)F. The zero-order valence-electron chi connectivity index (χ0n) is 16.7. The third-order valence-electron chi connectivity index (χ3n) is 3.86. The van der Waals surface area contributed by atoms with Gasteiger partial charge >= 0.3 is 6.18 Å². The van der Waals surface area contributed by atoms with Gasteiger partial charge in [-0.25, -0.2) is 13.4 Å². The van der Waals surface area contributed by atoms with Crippen LogP contribution in [0.1, 0.15) is 24.5 Å². The van der Waals surface area contributed by atoms with E-state index in [0.29, 0.717) is 49.0 Å². The summed E-state index contributed by atoms with van der Waals surface area (Å²) in [6.07, 6.45) is -2.48. The second kappa shape index (κ2) is 10.7. The predicted octanol–water partition coefficient (Wildman–Crippen LogP) is 2.34. The average Bonchev–Trinajstić information content (AvgIpc) is 2.53. The summed E-state index contributed by atoms with van der Waals surface area (Å²) < 4.78 is 60.3. The monoisotopic (exact) mass is 422 g/mol. The van der Waals surface area contributed by atoms with Gasteiger partial charge in [-0.15, -0.1) is 0 Å². The number of aliphatic imine (C=N–C) groups is 1. The van der Waals surface area contributed by atoms with Gasteiger partial charge in [-0.2, -0.15) is 13.2 Å². The van der Waals surface area contributed by atoms with Crippen LogP contribution >= 0.6 is 0 Å². The lowest BCUT2D eigenvalue weighted by atomic mass is 10.1. The number of sulfone groups is 1. The summed E-state index contributed by atoms with van der Waals surface area (Å²) in [6.45, 7) is 4.53. The molecule has 10 heteroatoms. The number of hydrogen-bond donors (Lipinski definition) is 2. The first-order chi connectivity index (χ1) is 12.9. The van der Waals surface area contributed by atoms with Crippen molar-refractivity contribution in [2.45, 2.75) is 37.9 Å². The van der Waals surface area contributed by atoms with E-state index >= 15 is 0 Å². The minimum Gasteiger partial charge on any atom is -0.357 e. The van der Waals surface area contributed by atoms with Crippen LogP contribution in [0.3, 0.4) is 0 Å². The Labute approximate surface area is 165 Å². The fraction of sp³-hybridized carbons (Fsp3) is 0.611. The maximum absolute atomic E-state index is 12.3. The van der Waals surface area contributed by atoms with Gasteiger partial charge in [-0.05, 0) is 51.1 Å². The Morgan fingerprint density at radius 1 is 1.25 bits per heavy atom. The van der Waals surface area contributed by atoms with E-state index < -0.39 is 22.6 Å². The van der Waals surface area contributed by atoms with Crippen LogP contribution in [0.4, 0.5) is 13.2 Å². The molecular weight excluding hydrogens is 393 g/mol. The molecule has 0 fully saturated rings. The topological polar surface area (TPSA) is 73.8 Å². The summed E-state index contributed by atoms with van der Waals surface area (Å²) in [5.41, 5.74) is 1.54. The third kappa shape index (κ3) is 9.41. The largest absolute Gasteiger partial charge is 0.401 e. The van der Waals surface area contributed by atoms with Gasteiger partial charge in [0, 0.05) is 19.3 Å². The number of benzene rings is 1. The van der Waals surface area contributed by atoms with Crippen molar-refractivity contribution in [3.8, 4) is 0 Å². The highest BCUT2D eigenvalue weighted by Gasteiger charge is 2.28. The van der Waals surface area contributed by atoms with Crippen LogP contribution in [0.2, 0.25) is 0 Å². The van der Waals surface area contributed by atoms with Crippen LogP contribution in [0, 0.1) is 6.92 Å². The van der Waals surface area contributed by atoms with Gasteiger partial charge in [-0.1, -0.05) is 12.1 Å². The van der Waals surface area contributed by atoms with Crippen molar-refractivity contribution in [2.75, 3.05) is 39.5 Å². The van der Waals surface area contributed by atoms with Gasteiger partial charge < -0.3 is 10.6 Å². The number of hydrogen-bond acceptors (Lipinski definition) is 4. The molecule has 6 nitrogen and oxygen atoms in total. The van der Waals surface area contributed by atoms with Crippen molar-refractivity contribution in [1.82, 2.24) is 15.5 Å². The molecule has 0 heterocycles. The molecule has 160 valence electrons. The van der Waals surface area contributed by atoms with E-state index in [-0.39, 0.29) is 0 Å². The summed E-state index contributed by atoms with van der Waals surface area (Å²) in [6, 6.07) is 5.09. The maximum atomic E-state index is 12.3. The highest BCUT2D eigenvalue weighted by molar-refractivity contribution is 7.90. The first-order valence-electron chi connectivity index (χ1n) is 8.99. The normalized spacial score (nSPS) is 13.1. The molecule has 0 atom stereocenters. The molecule has 2 N–H and O–H groups in total. The molecule has 0 bridgehead atoms. The summed E-state index contributed by atoms with van der Waals surface area (Å²) in [5, 5.41) is 6.17. The smallest absolute Gasteiger partial charge is 0.357 e. The molecule has 0 aromatic heterocycles. The molecule has 0 saturated carbocycles. The lowest BCUT2D eigenvalue weighted by molar-refractivity contribution is -0.143. The van der Waals surface area contributed by atoms with E-state index in [1.807, 2.05) is 6.92 Å². The van der Waals surface area contributed by atoms with Crippen molar-refractivity contribution in [2.24, 2.45) is 4.99 Å². The van der Waals surface area contributed by atoms with E-state index in [0.717, 1.165) is 5.56 Å². The Kier molecular flexibility index (Phi) is 9.22. The third-order valence-corrected chi connectivity index (χ3v) is 5.12. The molecule has 0 aliphatic carbocycles. The van der Waals surface area contributed by atoms with Gasteiger partial charge in [0.15, 0.2) is 15.8 Å². The Morgan fingerprint density at radius 2 is 1.93 bits per heavy atom. The molecule has 1 rings (SSSR count). The molecule has 0 spiro atoms. The minimum atomic E-state index is -4.19. The summed E-state index contributed by atoms with van der Waals surface area (Å²) >= 11 is 0. The predicted molar refractivity (Wildman–Crippen MR) is 105 cm³/mol. The van der Waals surface area contributed by atoms with Gasteiger partial charge in [0.05, 0.1) is 18.0 Å². The molecule has 0 amide bonds. The van der Waals surface area contributed by atoms with Crippen molar-refractivity contribution in [3.63, 3.8) is 0 Å². The fourth-order valence-electron chi connectivity index (χ4n) is 2.68. The number of nitrogens with zero attached hydrogens (tertiary/aromatic N) is 2. The lowest BCUT2D eigenvalue weighted by Crippen LogP contribution is -2.39. The molecule has 0 saturated heterocycles. The highest BCUT2D eigenvalue weighted by Crippen LogP contribution is 2.17. The Balaban J connectivity index is 2.59. The van der Waals surface area contributed by atoms with Gasteiger partial charge in [0.25, 0.3) is 0 Å². The maximum Gasteiger partial charge on any atom is 0.401 e. The molecule has 0 unspecified atom stereocenters. The standard InChI is InChI=1S/C18H29F3N4O2S/c1-5-22-17(23-9-6-10-25(3)13-18(19,20)21)24-12-15-7-8-16(14(2)11-15)28(4,26)27/h7-8,11H,5-6,9-10,12-13H2,1-4H3,(H2,22,23,24). The van der Waals surface area contributed by atoms with Crippen LogP contribution < -0.4 is 10.6 Å². The van der Waals surface area contributed by atoms with Gasteiger partial charge in [0.2, 0.25) is 0 Å². The molecule has 0 radical (unpaired) electrons. The quantitative estimate of drug-likeness (QED) is 0.363. The summed E-state index contributed by atoms with van der Waals surface area (Å²) in [5.74, 6) is 0.561. The minimum absolute atomic E-state index is 0.299. The molecule has 28 heavy (non-hydrogen) atoms. The first-order valence-corrected chi connectivity index (χ1v) is 10.9. The Hall–Kier alpha value is -1.81. The summed E-state index contributed by atoms with van der Waals surface area (Å²) in [4.78, 5) is 5.98. The number of halogens is 3. The van der Waals surface area contributed by atoms with Crippen LogP contribution in [0.5, 0.6) is 0 Å². The van der Waals surface area contributed by atoms with Crippen molar-refractivity contribution in [3.05, 3.63) is 29.3 Å². The first kappa shape index (κ1) is 24.2. The second-order valence-corrected chi connectivity index (χ2v) is 8.68. The Bertz CT molecular complexity index is 765. The number of aryl methyl sites for hydroxylation is 1. The number of guanidine groups is 1. The van der Waals surface area contributed by atoms with E-state index in [1.54, 1.807) is 25.1 Å². The van der Waals surface area contributed by atoms with E-state index in [9.17, 15) is 21.6 Å². The van der Waals surface area contributed by atoms with Crippen molar-refractivity contribution >= 4 is 15.8 Å². The van der Waals surface area contributed by atoms with Crippen LogP contribution in [-0.4, -0.2) is 64.9 Å². The number of alkyl halides is 3. The van der Waals surface area contributed by atoms with E-state index in [2.05, 4.69) is 15.6 Å². The Morgan fingerprint density at radius 3 is 2.46 bits per heavy atom. The van der Waals surface area contributed by atoms with Gasteiger partial charge in [-0.3, -0.25) is 4.90 Å². The van der Waals surface area contributed by atoms with Crippen molar-refractivity contribution < 1.29 is 21.6 Å². The number of rotatable bonds is 9. The highest BCUT2D eigenvalue weighted by atomic mass is 32.2. The summed E-state index contributed by atoms with van der Waals surface area (Å²) in [7, 11) is -1.82. The fourth-order valence-corrected chi connectivity index (χ4v) is 3.64. The van der Waals surface area contributed by atoms with Crippen molar-refractivity contribution in [1.29, 1.82) is 0 Å². The zero-order valence-corrected chi connectivity index (χ0v) is 17.5. The lowest BCUT2D eigenvalue weighted by Gasteiger charge is -2.19. The average molecular weight is 423 g/mol.